The average molecular weight is 373 g/mol. The van der Waals surface area contributed by atoms with Gasteiger partial charge in [-0.2, -0.15) is 0 Å². The monoisotopic (exact) mass is 373 g/mol. The molecule has 1 aromatic heterocycles. The van der Waals surface area contributed by atoms with Crippen LogP contribution in [0, 0.1) is 0 Å². The van der Waals surface area contributed by atoms with Gasteiger partial charge in [0.15, 0.2) is 0 Å². The summed E-state index contributed by atoms with van der Waals surface area (Å²) in [5, 5.41) is 5.50. The summed E-state index contributed by atoms with van der Waals surface area (Å²) in [6.07, 6.45) is 6.44. The van der Waals surface area contributed by atoms with Crippen LogP contribution >= 0.6 is 0 Å². The number of hydrogen-bond acceptors (Lipinski definition) is 4. The van der Waals surface area contributed by atoms with Gasteiger partial charge in [-0.05, 0) is 48.0 Å². The van der Waals surface area contributed by atoms with Gasteiger partial charge in [0.05, 0.1) is 0 Å². The van der Waals surface area contributed by atoms with E-state index in [9.17, 15) is 9.59 Å². The van der Waals surface area contributed by atoms with Gasteiger partial charge in [-0.15, -0.1) is 0 Å². The van der Waals surface area contributed by atoms with Crippen molar-refractivity contribution in [3.8, 4) is 11.5 Å². The molecular formula is C22H19N3O3. The fourth-order valence-electron chi connectivity index (χ4n) is 2.42. The van der Waals surface area contributed by atoms with E-state index in [1.807, 2.05) is 18.2 Å². The molecule has 140 valence electrons. The van der Waals surface area contributed by atoms with Gasteiger partial charge < -0.3 is 15.4 Å². The zero-order valence-corrected chi connectivity index (χ0v) is 15.3. The molecule has 0 unspecified atom stereocenters. The third-order valence-electron chi connectivity index (χ3n) is 3.65. The van der Waals surface area contributed by atoms with Crippen molar-refractivity contribution in [1.29, 1.82) is 0 Å². The van der Waals surface area contributed by atoms with E-state index in [1.165, 1.54) is 13.0 Å². The molecule has 0 aliphatic heterocycles. The summed E-state index contributed by atoms with van der Waals surface area (Å²) in [6.45, 7) is 1.45. The lowest BCUT2D eigenvalue weighted by molar-refractivity contribution is -0.114. The quantitative estimate of drug-likeness (QED) is 0.624. The Morgan fingerprint density at radius 3 is 2.36 bits per heavy atom. The molecule has 2 N–H and O–H groups in total. The van der Waals surface area contributed by atoms with Crippen LogP contribution in [0.4, 0.5) is 11.4 Å². The molecule has 2 amide bonds. The molecule has 6 heteroatoms. The smallest absolute Gasteiger partial charge is 0.248 e. The summed E-state index contributed by atoms with van der Waals surface area (Å²) in [5.74, 6) is 0.896. The van der Waals surface area contributed by atoms with E-state index in [-0.39, 0.29) is 11.8 Å². The number of rotatable bonds is 6. The predicted molar refractivity (Wildman–Crippen MR) is 109 cm³/mol. The number of aromatic nitrogens is 1. The average Bonchev–Trinajstić information content (AvgIpc) is 2.68. The molecule has 28 heavy (non-hydrogen) atoms. The first-order valence-electron chi connectivity index (χ1n) is 8.63. The van der Waals surface area contributed by atoms with Crippen molar-refractivity contribution in [3.63, 3.8) is 0 Å². The lowest BCUT2D eigenvalue weighted by atomic mass is 10.2. The molecule has 0 saturated heterocycles. The van der Waals surface area contributed by atoms with Gasteiger partial charge in [0.1, 0.15) is 11.5 Å². The SMILES string of the molecule is CC(=O)Nc1ccc(C=CC(=O)Nc2cccc(Oc3ccncc3)c2)cc1. The summed E-state index contributed by atoms with van der Waals surface area (Å²) in [5.41, 5.74) is 2.18. The summed E-state index contributed by atoms with van der Waals surface area (Å²) >= 11 is 0. The minimum atomic E-state index is -0.257. The van der Waals surface area contributed by atoms with Crippen molar-refractivity contribution >= 4 is 29.3 Å². The summed E-state index contributed by atoms with van der Waals surface area (Å²) < 4.78 is 5.73. The second-order valence-electron chi connectivity index (χ2n) is 5.94. The number of nitrogens with zero attached hydrogens (tertiary/aromatic N) is 1. The number of amides is 2. The zero-order valence-electron chi connectivity index (χ0n) is 15.3. The molecule has 0 aliphatic carbocycles. The van der Waals surface area contributed by atoms with Crippen molar-refractivity contribution in [2.45, 2.75) is 6.92 Å². The maximum atomic E-state index is 12.2. The zero-order chi connectivity index (χ0) is 19.8. The molecule has 2 aromatic carbocycles. The molecule has 0 fully saturated rings. The molecule has 6 nitrogen and oxygen atoms in total. The third kappa shape index (κ3) is 5.81. The van der Waals surface area contributed by atoms with E-state index in [2.05, 4.69) is 15.6 Å². The Kier molecular flexibility index (Phi) is 6.15. The van der Waals surface area contributed by atoms with Gasteiger partial charge in [-0.3, -0.25) is 14.6 Å². The number of ether oxygens (including phenoxy) is 1. The highest BCUT2D eigenvalue weighted by atomic mass is 16.5. The number of anilines is 2. The van der Waals surface area contributed by atoms with E-state index in [1.54, 1.807) is 60.9 Å². The first kappa shape index (κ1) is 18.8. The molecule has 0 saturated carbocycles. The van der Waals surface area contributed by atoms with Gasteiger partial charge in [-0.25, -0.2) is 0 Å². The van der Waals surface area contributed by atoms with Crippen LogP contribution in [0.5, 0.6) is 11.5 Å². The Morgan fingerprint density at radius 1 is 0.893 bits per heavy atom. The maximum absolute atomic E-state index is 12.2. The molecule has 1 heterocycles. The number of carbonyl (C=O) groups is 2. The minimum Gasteiger partial charge on any atom is -0.457 e. The van der Waals surface area contributed by atoms with Crippen molar-refractivity contribution in [1.82, 2.24) is 4.98 Å². The highest BCUT2D eigenvalue weighted by Crippen LogP contribution is 2.23. The molecular weight excluding hydrogens is 354 g/mol. The van der Waals surface area contributed by atoms with E-state index >= 15 is 0 Å². The van der Waals surface area contributed by atoms with Crippen molar-refractivity contribution in [2.75, 3.05) is 10.6 Å². The van der Waals surface area contributed by atoms with Crippen molar-refractivity contribution in [3.05, 3.63) is 84.7 Å². The predicted octanol–water partition coefficient (Wildman–Crippen LogP) is 4.48. The standard InChI is InChI=1S/C22H19N3O3/c1-16(26)24-18-8-5-17(6-9-18)7-10-22(27)25-19-3-2-4-21(15-19)28-20-11-13-23-14-12-20/h2-15H,1H3,(H,24,26)(H,25,27). The largest absolute Gasteiger partial charge is 0.457 e. The molecule has 0 atom stereocenters. The highest BCUT2D eigenvalue weighted by molar-refractivity contribution is 6.02. The van der Waals surface area contributed by atoms with Crippen LogP contribution < -0.4 is 15.4 Å². The number of carbonyl (C=O) groups excluding carboxylic acids is 2. The fraction of sp³-hybridized carbons (Fsp3) is 0.0455. The van der Waals surface area contributed by atoms with Gasteiger partial charge in [0, 0.05) is 42.8 Å². The second-order valence-corrected chi connectivity index (χ2v) is 5.94. The third-order valence-corrected chi connectivity index (χ3v) is 3.65. The van der Waals surface area contributed by atoms with Crippen LogP contribution in [0.3, 0.4) is 0 Å². The Balaban J connectivity index is 1.59. The highest BCUT2D eigenvalue weighted by Gasteiger charge is 2.02. The van der Waals surface area contributed by atoms with E-state index in [0.29, 0.717) is 22.9 Å². The fourth-order valence-corrected chi connectivity index (χ4v) is 2.42. The summed E-state index contributed by atoms with van der Waals surface area (Å²) in [4.78, 5) is 27.1. The summed E-state index contributed by atoms with van der Waals surface area (Å²) in [6, 6.07) is 17.8. The molecule has 0 bridgehead atoms. The van der Waals surface area contributed by atoms with Gasteiger partial charge >= 0.3 is 0 Å². The molecule has 3 rings (SSSR count). The Morgan fingerprint density at radius 2 is 1.64 bits per heavy atom. The van der Waals surface area contributed by atoms with Gasteiger partial charge in [0.2, 0.25) is 11.8 Å². The Bertz CT molecular complexity index is 983. The number of pyridine rings is 1. The topological polar surface area (TPSA) is 80.3 Å². The van der Waals surface area contributed by atoms with Crippen LogP contribution in [0.25, 0.3) is 6.08 Å². The van der Waals surface area contributed by atoms with Crippen LogP contribution in [0.1, 0.15) is 12.5 Å². The minimum absolute atomic E-state index is 0.127. The summed E-state index contributed by atoms with van der Waals surface area (Å²) in [7, 11) is 0. The molecule has 3 aromatic rings. The van der Waals surface area contributed by atoms with E-state index in [0.717, 1.165) is 5.56 Å². The van der Waals surface area contributed by atoms with E-state index < -0.39 is 0 Å². The van der Waals surface area contributed by atoms with Crippen molar-refractivity contribution < 1.29 is 14.3 Å². The maximum Gasteiger partial charge on any atom is 0.248 e. The lowest BCUT2D eigenvalue weighted by Gasteiger charge is -2.07. The number of hydrogen-bond donors (Lipinski definition) is 2. The van der Waals surface area contributed by atoms with Crippen LogP contribution in [0.15, 0.2) is 79.1 Å². The molecule has 0 spiro atoms. The second kappa shape index (κ2) is 9.14. The Hall–Kier alpha value is -3.93. The lowest BCUT2D eigenvalue weighted by Crippen LogP contribution is -2.07. The number of nitrogens with one attached hydrogen (secondary N) is 2. The van der Waals surface area contributed by atoms with Gasteiger partial charge in [-0.1, -0.05) is 18.2 Å². The van der Waals surface area contributed by atoms with Crippen LogP contribution in [0.2, 0.25) is 0 Å². The number of benzene rings is 2. The van der Waals surface area contributed by atoms with Crippen LogP contribution in [-0.2, 0) is 9.59 Å². The normalized spacial score (nSPS) is 10.5. The van der Waals surface area contributed by atoms with Gasteiger partial charge in [0.25, 0.3) is 0 Å². The van der Waals surface area contributed by atoms with E-state index in [4.69, 9.17) is 4.74 Å². The Labute approximate surface area is 162 Å². The molecule has 0 radical (unpaired) electrons. The first-order chi connectivity index (χ1) is 13.6. The first-order valence-corrected chi connectivity index (χ1v) is 8.63. The van der Waals surface area contributed by atoms with Crippen LogP contribution in [-0.4, -0.2) is 16.8 Å². The molecule has 0 aliphatic rings. The van der Waals surface area contributed by atoms with Crippen molar-refractivity contribution in [2.24, 2.45) is 0 Å².